The van der Waals surface area contributed by atoms with E-state index in [1.807, 2.05) is 41.8 Å². The molecule has 1 N–H and O–H groups in total. The van der Waals surface area contributed by atoms with Gasteiger partial charge in [-0.3, -0.25) is 4.79 Å². The first-order valence-electron chi connectivity index (χ1n) is 11.3. The van der Waals surface area contributed by atoms with Crippen molar-refractivity contribution in [3.05, 3.63) is 53.3 Å². The van der Waals surface area contributed by atoms with E-state index in [0.717, 1.165) is 41.9 Å². The van der Waals surface area contributed by atoms with Crippen LogP contribution in [0, 0.1) is 24.2 Å². The van der Waals surface area contributed by atoms with Crippen molar-refractivity contribution >= 4 is 11.6 Å². The van der Waals surface area contributed by atoms with E-state index in [0.29, 0.717) is 17.3 Å². The highest BCUT2D eigenvalue weighted by Gasteiger charge is 2.54. The van der Waals surface area contributed by atoms with Crippen LogP contribution in [0.25, 0.3) is 16.9 Å². The first kappa shape index (κ1) is 19.7. The monoisotopic (exact) mass is 413 g/mol. The zero-order valence-electron chi connectivity index (χ0n) is 17.9. The van der Waals surface area contributed by atoms with Crippen molar-refractivity contribution in [3.63, 3.8) is 0 Å². The molecule has 0 unspecified atom stereocenters. The van der Waals surface area contributed by atoms with Crippen LogP contribution in [-0.2, 0) is 10.2 Å². The van der Waals surface area contributed by atoms with Crippen LogP contribution in [0.3, 0.4) is 0 Å². The van der Waals surface area contributed by atoms with Gasteiger partial charge in [-0.05, 0) is 62.3 Å². The second-order valence-corrected chi connectivity index (χ2v) is 9.06. The molecule has 0 atom stereocenters. The first-order chi connectivity index (χ1) is 15.1. The van der Waals surface area contributed by atoms with E-state index in [1.54, 1.807) is 6.07 Å². The predicted molar refractivity (Wildman–Crippen MR) is 118 cm³/mol. The Balaban J connectivity index is 1.46. The lowest BCUT2D eigenvalue weighted by Gasteiger charge is -2.22. The van der Waals surface area contributed by atoms with E-state index in [4.69, 9.17) is 10.1 Å². The summed E-state index contributed by atoms with van der Waals surface area (Å²) < 4.78 is 1.83. The van der Waals surface area contributed by atoms with Crippen molar-refractivity contribution in [2.75, 3.05) is 6.54 Å². The lowest BCUT2D eigenvalue weighted by Crippen LogP contribution is -2.38. The average molecular weight is 414 g/mol. The number of hydrogen-bond acceptors (Lipinski definition) is 4. The van der Waals surface area contributed by atoms with E-state index in [1.165, 1.54) is 32.1 Å². The highest BCUT2D eigenvalue weighted by Crippen LogP contribution is 2.47. The topological polar surface area (TPSA) is 83.1 Å². The van der Waals surface area contributed by atoms with E-state index < -0.39 is 5.41 Å². The molecule has 3 aromatic rings. The molecule has 2 fully saturated rings. The Morgan fingerprint density at radius 1 is 1.23 bits per heavy atom. The SMILES string of the molecule is Cc1ccc(-c2cccc(C#N)c2)n2nc(C3(C(=O)NCC4CCCCC4)CC3)nc12. The molecule has 2 aromatic heterocycles. The largest absolute Gasteiger partial charge is 0.355 e. The third kappa shape index (κ3) is 3.59. The summed E-state index contributed by atoms with van der Waals surface area (Å²) in [5.74, 6) is 1.28. The molecular weight excluding hydrogens is 386 g/mol. The third-order valence-electron chi connectivity index (χ3n) is 6.86. The van der Waals surface area contributed by atoms with Gasteiger partial charge in [0.05, 0.1) is 17.3 Å². The van der Waals surface area contributed by atoms with Crippen molar-refractivity contribution in [1.82, 2.24) is 19.9 Å². The lowest BCUT2D eigenvalue weighted by molar-refractivity contribution is -0.124. The molecule has 158 valence electrons. The molecule has 0 saturated heterocycles. The number of nitriles is 1. The van der Waals surface area contributed by atoms with Crippen molar-refractivity contribution in [2.45, 2.75) is 57.3 Å². The summed E-state index contributed by atoms with van der Waals surface area (Å²) in [6.07, 6.45) is 7.87. The van der Waals surface area contributed by atoms with E-state index in [2.05, 4.69) is 11.4 Å². The minimum atomic E-state index is -0.598. The summed E-state index contributed by atoms with van der Waals surface area (Å²) in [5.41, 5.74) is 3.56. The van der Waals surface area contributed by atoms with E-state index in [-0.39, 0.29) is 5.91 Å². The van der Waals surface area contributed by atoms with Gasteiger partial charge in [0.2, 0.25) is 5.91 Å². The Hall–Kier alpha value is -3.20. The molecule has 6 heteroatoms. The van der Waals surface area contributed by atoms with Gasteiger partial charge in [-0.15, -0.1) is 5.10 Å². The molecule has 5 rings (SSSR count). The van der Waals surface area contributed by atoms with Crippen LogP contribution < -0.4 is 5.32 Å². The predicted octanol–water partition coefficient (Wildman–Crippen LogP) is 4.30. The molecule has 2 saturated carbocycles. The molecule has 1 aromatic carbocycles. The normalized spacial score (nSPS) is 17.9. The number of aryl methyl sites for hydroxylation is 1. The standard InChI is InChI=1S/C25H27N5O/c1-17-10-11-21(20-9-5-8-19(14-20)15-26)30-22(17)28-23(29-30)25(12-13-25)24(31)27-16-18-6-3-2-4-7-18/h5,8-11,14,18H,2-4,6-7,12-13,16H2,1H3,(H,27,31). The Kier molecular flexibility index (Phi) is 4.97. The molecule has 6 nitrogen and oxygen atoms in total. The molecular formula is C25H27N5O. The molecule has 0 aliphatic heterocycles. The number of benzene rings is 1. The number of pyridine rings is 1. The van der Waals surface area contributed by atoms with Gasteiger partial charge in [0.25, 0.3) is 0 Å². The van der Waals surface area contributed by atoms with Crippen LogP contribution in [0.15, 0.2) is 36.4 Å². The number of hydrogen-bond donors (Lipinski definition) is 1. The van der Waals surface area contributed by atoms with Gasteiger partial charge in [0.15, 0.2) is 11.5 Å². The van der Waals surface area contributed by atoms with Crippen LogP contribution >= 0.6 is 0 Å². The summed E-state index contributed by atoms with van der Waals surface area (Å²) in [6, 6.07) is 13.7. The van der Waals surface area contributed by atoms with Gasteiger partial charge in [0.1, 0.15) is 5.41 Å². The fourth-order valence-electron chi connectivity index (χ4n) is 4.73. The number of aromatic nitrogens is 3. The fraction of sp³-hybridized carbons (Fsp3) is 0.440. The van der Waals surface area contributed by atoms with Crippen LogP contribution in [-0.4, -0.2) is 27.0 Å². The number of nitrogens with zero attached hydrogens (tertiary/aromatic N) is 4. The Morgan fingerprint density at radius 3 is 2.77 bits per heavy atom. The van der Waals surface area contributed by atoms with E-state index >= 15 is 0 Å². The fourth-order valence-corrected chi connectivity index (χ4v) is 4.73. The summed E-state index contributed by atoms with van der Waals surface area (Å²) in [6.45, 7) is 2.77. The first-order valence-corrected chi connectivity index (χ1v) is 11.3. The summed E-state index contributed by atoms with van der Waals surface area (Å²) in [5, 5.41) is 17.3. The summed E-state index contributed by atoms with van der Waals surface area (Å²) in [7, 11) is 0. The van der Waals surface area contributed by atoms with Gasteiger partial charge in [-0.1, -0.05) is 37.5 Å². The second-order valence-electron chi connectivity index (χ2n) is 9.06. The van der Waals surface area contributed by atoms with E-state index in [9.17, 15) is 10.1 Å². The number of carbonyl (C=O) groups excluding carboxylic acids is 1. The molecule has 2 aliphatic carbocycles. The zero-order valence-corrected chi connectivity index (χ0v) is 17.9. The van der Waals surface area contributed by atoms with Gasteiger partial charge in [-0.2, -0.15) is 5.26 Å². The number of fused-ring (bicyclic) bond motifs is 1. The van der Waals surface area contributed by atoms with Crippen LogP contribution in [0.4, 0.5) is 0 Å². The number of rotatable bonds is 5. The molecule has 2 heterocycles. The van der Waals surface area contributed by atoms with Crippen molar-refractivity contribution < 1.29 is 4.79 Å². The van der Waals surface area contributed by atoms with Crippen molar-refractivity contribution in [1.29, 1.82) is 5.26 Å². The summed E-state index contributed by atoms with van der Waals surface area (Å²) in [4.78, 5) is 18.0. The van der Waals surface area contributed by atoms with Gasteiger partial charge < -0.3 is 5.32 Å². The highest BCUT2D eigenvalue weighted by atomic mass is 16.2. The molecule has 31 heavy (non-hydrogen) atoms. The molecule has 0 spiro atoms. The molecule has 0 radical (unpaired) electrons. The van der Waals surface area contributed by atoms with Gasteiger partial charge in [-0.25, -0.2) is 9.50 Å². The minimum Gasteiger partial charge on any atom is -0.355 e. The van der Waals surface area contributed by atoms with Crippen molar-refractivity contribution in [3.8, 4) is 17.3 Å². The third-order valence-corrected chi connectivity index (χ3v) is 6.86. The highest BCUT2D eigenvalue weighted by molar-refractivity contribution is 5.90. The quantitative estimate of drug-likeness (QED) is 0.676. The molecule has 2 aliphatic rings. The van der Waals surface area contributed by atoms with Gasteiger partial charge >= 0.3 is 0 Å². The maximum atomic E-state index is 13.1. The zero-order chi connectivity index (χ0) is 21.4. The van der Waals surface area contributed by atoms with Crippen LogP contribution in [0.2, 0.25) is 0 Å². The maximum absolute atomic E-state index is 13.1. The maximum Gasteiger partial charge on any atom is 0.234 e. The van der Waals surface area contributed by atoms with Crippen LogP contribution in [0.1, 0.15) is 61.9 Å². The smallest absolute Gasteiger partial charge is 0.234 e. The Bertz CT molecular complexity index is 1180. The second kappa shape index (κ2) is 7.81. The number of carbonyl (C=O) groups is 1. The van der Waals surface area contributed by atoms with Crippen molar-refractivity contribution in [2.24, 2.45) is 5.92 Å². The number of nitrogens with one attached hydrogen (secondary N) is 1. The average Bonchev–Trinajstić information content (AvgIpc) is 3.50. The summed E-state index contributed by atoms with van der Waals surface area (Å²) >= 11 is 0. The molecule has 1 amide bonds. The minimum absolute atomic E-state index is 0.0691. The van der Waals surface area contributed by atoms with Gasteiger partial charge in [0, 0.05) is 12.1 Å². The van der Waals surface area contributed by atoms with Crippen LogP contribution in [0.5, 0.6) is 0 Å². The number of amides is 1. The lowest BCUT2D eigenvalue weighted by atomic mass is 9.89. The Morgan fingerprint density at radius 2 is 2.03 bits per heavy atom. The Labute approximate surface area is 182 Å². The molecule has 0 bridgehead atoms.